The number of amides is 2. The minimum Gasteiger partial charge on any atom is -0.334 e. The van der Waals surface area contributed by atoms with Crippen LogP contribution in [0.25, 0.3) is 0 Å². The molecular formula is C19H17ClN3O3S+. The fraction of sp³-hybridized carbons (Fsp3) is 0.0526. The van der Waals surface area contributed by atoms with Crippen molar-refractivity contribution in [3.8, 4) is 0 Å². The Balaban J connectivity index is 1.57. The molecule has 3 N–H and O–H groups in total. The van der Waals surface area contributed by atoms with Crippen molar-refractivity contribution in [1.82, 2.24) is 5.32 Å². The Bertz CT molecular complexity index is 963. The van der Waals surface area contributed by atoms with Gasteiger partial charge in [0.15, 0.2) is 0 Å². The number of hydrogen-bond acceptors (Lipinski definition) is 3. The summed E-state index contributed by atoms with van der Waals surface area (Å²) in [7, 11) is -1.32. The quantitative estimate of drug-likeness (QED) is 0.452. The maximum absolute atomic E-state index is 12.5. The normalized spacial score (nSPS) is 11.6. The second kappa shape index (κ2) is 8.66. The summed E-state index contributed by atoms with van der Waals surface area (Å²) in [4.78, 5) is 13.3. The maximum Gasteiger partial charge on any atom is 0.319 e. The molecule has 138 valence electrons. The minimum absolute atomic E-state index is 0.270. The lowest BCUT2D eigenvalue weighted by Crippen LogP contribution is -2.32. The summed E-state index contributed by atoms with van der Waals surface area (Å²) in [5.74, 6) is 0. The predicted molar refractivity (Wildman–Crippen MR) is 102 cm³/mol. The van der Waals surface area contributed by atoms with E-state index in [9.17, 15) is 14.2 Å². The van der Waals surface area contributed by atoms with Crippen LogP contribution in [0.5, 0.6) is 0 Å². The van der Waals surface area contributed by atoms with E-state index in [1.165, 1.54) is 12.4 Å². The van der Waals surface area contributed by atoms with Gasteiger partial charge in [0, 0.05) is 36.9 Å². The highest BCUT2D eigenvalue weighted by molar-refractivity contribution is 7.85. The number of halogens is 1. The van der Waals surface area contributed by atoms with Crippen molar-refractivity contribution in [2.75, 3.05) is 5.32 Å². The van der Waals surface area contributed by atoms with E-state index >= 15 is 0 Å². The highest BCUT2D eigenvalue weighted by Gasteiger charge is 2.08. The maximum atomic E-state index is 12.5. The molecule has 0 aliphatic heterocycles. The summed E-state index contributed by atoms with van der Waals surface area (Å²) in [5.41, 5.74) is 1.33. The van der Waals surface area contributed by atoms with Gasteiger partial charge in [0.05, 0.1) is 17.3 Å². The van der Waals surface area contributed by atoms with Gasteiger partial charge in [-0.1, -0.05) is 11.6 Å². The van der Waals surface area contributed by atoms with Crippen LogP contribution in [0.3, 0.4) is 0 Å². The van der Waals surface area contributed by atoms with Gasteiger partial charge in [-0.15, -0.1) is 0 Å². The minimum atomic E-state index is -1.32. The van der Waals surface area contributed by atoms with Gasteiger partial charge in [-0.3, -0.25) is 5.21 Å². The molecule has 1 aromatic heterocycles. The van der Waals surface area contributed by atoms with Crippen LogP contribution in [-0.2, 0) is 17.3 Å². The number of nitrogens with zero attached hydrogens (tertiary/aromatic N) is 1. The number of nitrogens with one attached hydrogen (secondary N) is 2. The second-order valence-electron chi connectivity index (χ2n) is 5.65. The number of hydrogen-bond donors (Lipinski definition) is 3. The van der Waals surface area contributed by atoms with Crippen LogP contribution in [0.4, 0.5) is 10.5 Å². The Kier molecular flexibility index (Phi) is 6.05. The van der Waals surface area contributed by atoms with E-state index < -0.39 is 10.8 Å². The second-order valence-corrected chi connectivity index (χ2v) is 7.56. The lowest BCUT2D eigenvalue weighted by Gasteiger charge is -2.08. The summed E-state index contributed by atoms with van der Waals surface area (Å²) in [6.45, 7) is 0.270. The van der Waals surface area contributed by atoms with Crippen LogP contribution >= 0.6 is 11.6 Å². The van der Waals surface area contributed by atoms with Crippen molar-refractivity contribution in [1.29, 1.82) is 0 Å². The molecule has 0 radical (unpaired) electrons. The molecule has 0 spiro atoms. The third-order valence-electron chi connectivity index (χ3n) is 3.65. The van der Waals surface area contributed by atoms with E-state index in [0.29, 0.717) is 20.5 Å². The van der Waals surface area contributed by atoms with Crippen LogP contribution in [-0.4, -0.2) is 15.4 Å². The van der Waals surface area contributed by atoms with Gasteiger partial charge in [-0.2, -0.15) is 0 Å². The van der Waals surface area contributed by atoms with Crippen LogP contribution < -0.4 is 15.4 Å². The number of benzene rings is 2. The molecule has 0 fully saturated rings. The largest absolute Gasteiger partial charge is 0.334 e. The SMILES string of the molecule is O=C(NCc1ccc[n+](O)c1)Nc1ccc(S(=O)c2ccc(Cl)cc2)cc1. The first kappa shape index (κ1) is 18.9. The third-order valence-corrected chi connectivity index (χ3v) is 5.31. The van der Waals surface area contributed by atoms with Crippen molar-refractivity contribution >= 4 is 34.1 Å². The molecule has 0 aliphatic rings. The number of carbonyl (C=O) groups is 1. The molecule has 1 heterocycles. The number of rotatable bonds is 5. The number of pyridine rings is 1. The van der Waals surface area contributed by atoms with Crippen molar-refractivity contribution < 1.29 is 18.9 Å². The zero-order valence-electron chi connectivity index (χ0n) is 14.1. The van der Waals surface area contributed by atoms with Gasteiger partial charge >= 0.3 is 6.03 Å². The summed E-state index contributed by atoms with van der Waals surface area (Å²) in [6.07, 6.45) is 2.99. The molecule has 3 rings (SSSR count). The first-order valence-electron chi connectivity index (χ1n) is 8.03. The van der Waals surface area contributed by atoms with Crippen LogP contribution in [0.2, 0.25) is 5.02 Å². The average Bonchev–Trinajstić information content (AvgIpc) is 2.67. The fourth-order valence-corrected chi connectivity index (χ4v) is 3.49. The van der Waals surface area contributed by atoms with Crippen molar-refractivity contribution in [3.63, 3.8) is 0 Å². The Morgan fingerprint density at radius 2 is 1.67 bits per heavy atom. The van der Waals surface area contributed by atoms with Crippen LogP contribution in [0.1, 0.15) is 5.56 Å². The molecule has 1 atom stereocenters. The van der Waals surface area contributed by atoms with Gasteiger partial charge in [0.2, 0.25) is 12.4 Å². The van der Waals surface area contributed by atoms with Gasteiger partial charge in [-0.05, 0) is 54.6 Å². The van der Waals surface area contributed by atoms with Crippen molar-refractivity contribution in [3.05, 3.63) is 83.6 Å². The molecule has 8 heteroatoms. The van der Waals surface area contributed by atoms with Crippen molar-refractivity contribution in [2.45, 2.75) is 16.3 Å². The molecule has 6 nitrogen and oxygen atoms in total. The summed E-state index contributed by atoms with van der Waals surface area (Å²) >= 11 is 5.85. The molecule has 0 aliphatic carbocycles. The highest BCUT2D eigenvalue weighted by atomic mass is 35.5. The summed E-state index contributed by atoms with van der Waals surface area (Å²) < 4.78 is 13.4. The zero-order valence-corrected chi connectivity index (χ0v) is 15.7. The standard InChI is InChI=1S/C19H16ClN3O3S/c20-15-3-7-17(8-4-15)27(26)18-9-5-16(6-10-18)22-19(24)21-12-14-2-1-11-23(25)13-14/h1-11,13H,12H2,(H2-,21,22,24,25)/p+1. The highest BCUT2D eigenvalue weighted by Crippen LogP contribution is 2.20. The van der Waals surface area contributed by atoms with Gasteiger partial charge in [0.1, 0.15) is 0 Å². The summed E-state index contributed by atoms with van der Waals surface area (Å²) in [5, 5.41) is 15.3. The van der Waals surface area contributed by atoms with Gasteiger partial charge in [-0.25, -0.2) is 9.00 Å². The number of carbonyl (C=O) groups excluding carboxylic acids is 1. The smallest absolute Gasteiger partial charge is 0.319 e. The van der Waals surface area contributed by atoms with Gasteiger partial charge < -0.3 is 10.6 Å². The van der Waals surface area contributed by atoms with E-state index in [1.54, 1.807) is 60.7 Å². The molecule has 27 heavy (non-hydrogen) atoms. The average molecular weight is 403 g/mol. The Morgan fingerprint density at radius 1 is 1.04 bits per heavy atom. The Hall–Kier alpha value is -2.90. The molecule has 1 unspecified atom stereocenters. The summed E-state index contributed by atoms with van der Waals surface area (Å²) in [6, 6.07) is 16.7. The van der Waals surface area contributed by atoms with Crippen molar-refractivity contribution in [2.24, 2.45) is 0 Å². The molecule has 2 amide bonds. The topological polar surface area (TPSA) is 82.3 Å². The van der Waals surface area contributed by atoms with Gasteiger partial charge in [0.25, 0.3) is 0 Å². The first-order valence-corrected chi connectivity index (χ1v) is 9.56. The van der Waals surface area contributed by atoms with E-state index in [-0.39, 0.29) is 12.6 Å². The molecule has 0 bridgehead atoms. The molecule has 3 aromatic rings. The molecule has 0 saturated heterocycles. The zero-order chi connectivity index (χ0) is 19.2. The monoisotopic (exact) mass is 402 g/mol. The lowest BCUT2D eigenvalue weighted by atomic mass is 10.3. The molecular weight excluding hydrogens is 386 g/mol. The molecule has 0 saturated carbocycles. The Morgan fingerprint density at radius 3 is 2.30 bits per heavy atom. The third kappa shape index (κ3) is 5.29. The van der Waals surface area contributed by atoms with E-state index in [4.69, 9.17) is 11.6 Å². The Labute approximate surface area is 163 Å². The van der Waals surface area contributed by atoms with Crippen LogP contribution in [0.15, 0.2) is 82.8 Å². The number of urea groups is 1. The number of anilines is 1. The predicted octanol–water partition coefficient (Wildman–Crippen LogP) is 3.35. The van der Waals surface area contributed by atoms with Crippen LogP contribution in [0, 0.1) is 0 Å². The molecule has 2 aromatic carbocycles. The van der Waals surface area contributed by atoms with E-state index in [1.807, 2.05) is 0 Å². The lowest BCUT2D eigenvalue weighted by molar-refractivity contribution is -0.905. The first-order chi connectivity index (χ1) is 13.0. The fourth-order valence-electron chi connectivity index (χ4n) is 2.33. The number of aromatic nitrogens is 1. The van der Waals surface area contributed by atoms with E-state index in [2.05, 4.69) is 10.6 Å². The van der Waals surface area contributed by atoms with E-state index in [0.717, 1.165) is 10.3 Å².